The molecule has 0 bridgehead atoms. The van der Waals surface area contributed by atoms with Crippen LogP contribution in [0.15, 0.2) is 30.7 Å². The fourth-order valence-corrected chi connectivity index (χ4v) is 1.40. The smallest absolute Gasteiger partial charge is 0.275 e. The molecule has 2 rings (SSSR count). The Morgan fingerprint density at radius 2 is 2.19 bits per heavy atom. The predicted molar refractivity (Wildman–Crippen MR) is 56.6 cm³/mol. The second-order valence-corrected chi connectivity index (χ2v) is 3.39. The number of hydrogen-bond donors (Lipinski definition) is 1. The van der Waals surface area contributed by atoms with Gasteiger partial charge in [-0.2, -0.15) is 0 Å². The van der Waals surface area contributed by atoms with E-state index in [0.29, 0.717) is 5.69 Å². The third kappa shape index (κ3) is 1.85. The molecule has 0 fully saturated rings. The van der Waals surface area contributed by atoms with E-state index in [1.807, 2.05) is 6.92 Å². The fraction of sp³-hybridized carbons (Fsp3) is 0.100. The van der Waals surface area contributed by atoms with Crippen LogP contribution in [-0.2, 0) is 0 Å². The van der Waals surface area contributed by atoms with E-state index in [1.54, 1.807) is 10.8 Å². The van der Waals surface area contributed by atoms with Gasteiger partial charge in [-0.05, 0) is 6.92 Å². The van der Waals surface area contributed by atoms with Crippen molar-refractivity contribution < 1.29 is 10.0 Å². The largest absolute Gasteiger partial charge is 0.508 e. The molecule has 2 aromatic rings. The molecule has 16 heavy (non-hydrogen) atoms. The highest BCUT2D eigenvalue weighted by atomic mass is 16.6. The van der Waals surface area contributed by atoms with E-state index in [1.165, 1.54) is 18.5 Å². The summed E-state index contributed by atoms with van der Waals surface area (Å²) in [6.07, 6.45) is 3.26. The van der Waals surface area contributed by atoms with Crippen LogP contribution in [0.5, 0.6) is 5.75 Å². The highest BCUT2D eigenvalue weighted by molar-refractivity contribution is 5.49. The van der Waals surface area contributed by atoms with Crippen LogP contribution < -0.4 is 0 Å². The van der Waals surface area contributed by atoms with Gasteiger partial charge in [-0.1, -0.05) is 0 Å². The van der Waals surface area contributed by atoms with Crippen LogP contribution in [0.1, 0.15) is 5.69 Å². The fourth-order valence-electron chi connectivity index (χ4n) is 1.40. The van der Waals surface area contributed by atoms with Crippen LogP contribution >= 0.6 is 0 Å². The van der Waals surface area contributed by atoms with Gasteiger partial charge in [0.25, 0.3) is 5.69 Å². The van der Waals surface area contributed by atoms with Gasteiger partial charge in [0.15, 0.2) is 0 Å². The van der Waals surface area contributed by atoms with Crippen LogP contribution in [0, 0.1) is 17.0 Å². The number of phenolic OH excluding ortho intramolecular Hbond substituents is 1. The molecule has 1 aromatic carbocycles. The number of aromatic nitrogens is 2. The van der Waals surface area contributed by atoms with Crippen LogP contribution in [0.25, 0.3) is 5.69 Å². The Morgan fingerprint density at radius 3 is 2.75 bits per heavy atom. The number of nitro benzene ring substituents is 1. The Hall–Kier alpha value is -2.37. The number of benzene rings is 1. The minimum atomic E-state index is -0.549. The van der Waals surface area contributed by atoms with Gasteiger partial charge in [-0.15, -0.1) is 0 Å². The second-order valence-electron chi connectivity index (χ2n) is 3.39. The topological polar surface area (TPSA) is 81.2 Å². The first-order valence-electron chi connectivity index (χ1n) is 4.55. The molecular weight excluding hydrogens is 210 g/mol. The second kappa shape index (κ2) is 3.65. The number of imidazole rings is 1. The summed E-state index contributed by atoms with van der Waals surface area (Å²) in [5, 5.41) is 20.0. The molecular formula is C10H9N3O3. The zero-order valence-corrected chi connectivity index (χ0v) is 8.49. The number of non-ortho nitro benzene ring substituents is 1. The highest BCUT2D eigenvalue weighted by Crippen LogP contribution is 2.24. The van der Waals surface area contributed by atoms with Gasteiger partial charge in [0.2, 0.25) is 0 Å². The molecule has 0 aliphatic heterocycles. The number of hydrogen-bond acceptors (Lipinski definition) is 4. The van der Waals surface area contributed by atoms with Crippen molar-refractivity contribution >= 4 is 5.69 Å². The summed E-state index contributed by atoms with van der Waals surface area (Å²) in [6, 6.07) is 3.92. The molecule has 0 amide bonds. The lowest BCUT2D eigenvalue weighted by Crippen LogP contribution is -1.93. The van der Waals surface area contributed by atoms with Crippen LogP contribution in [0.3, 0.4) is 0 Å². The molecule has 0 saturated heterocycles. The van der Waals surface area contributed by atoms with E-state index in [0.717, 1.165) is 11.8 Å². The normalized spacial score (nSPS) is 10.3. The van der Waals surface area contributed by atoms with Gasteiger partial charge in [0.05, 0.1) is 28.7 Å². The van der Waals surface area contributed by atoms with Gasteiger partial charge in [-0.25, -0.2) is 4.98 Å². The maximum absolute atomic E-state index is 10.6. The Balaban J connectivity index is 2.53. The summed E-state index contributed by atoms with van der Waals surface area (Å²) >= 11 is 0. The van der Waals surface area contributed by atoms with E-state index in [9.17, 15) is 15.2 Å². The molecule has 0 aliphatic rings. The standard InChI is InChI=1S/C10H9N3O3/c1-7-5-12(6-11-7)8-2-9(13(15)16)4-10(14)3-8/h2-6,14H,1H3. The molecule has 1 heterocycles. The monoisotopic (exact) mass is 219 g/mol. The zero-order chi connectivity index (χ0) is 11.7. The molecule has 6 heteroatoms. The summed E-state index contributed by atoms with van der Waals surface area (Å²) in [5.41, 5.74) is 1.15. The molecule has 0 spiro atoms. The van der Waals surface area contributed by atoms with Gasteiger partial charge >= 0.3 is 0 Å². The lowest BCUT2D eigenvalue weighted by molar-refractivity contribution is -0.384. The van der Waals surface area contributed by atoms with Gasteiger partial charge in [0.1, 0.15) is 5.75 Å². The van der Waals surface area contributed by atoms with Crippen molar-refractivity contribution in [2.45, 2.75) is 6.92 Å². The summed E-state index contributed by atoms with van der Waals surface area (Å²) in [6.45, 7) is 1.81. The SMILES string of the molecule is Cc1cn(-c2cc(O)cc([N+](=O)[O-])c2)cn1. The van der Waals surface area contributed by atoms with Crippen molar-refractivity contribution in [1.29, 1.82) is 0 Å². The molecule has 0 unspecified atom stereocenters. The van der Waals surface area contributed by atoms with E-state index in [4.69, 9.17) is 0 Å². The lowest BCUT2D eigenvalue weighted by Gasteiger charge is -2.02. The number of phenols is 1. The number of rotatable bonds is 2. The third-order valence-corrected chi connectivity index (χ3v) is 2.11. The molecule has 6 nitrogen and oxygen atoms in total. The van der Waals surface area contributed by atoms with E-state index < -0.39 is 4.92 Å². The first-order chi connectivity index (χ1) is 7.56. The first-order valence-corrected chi connectivity index (χ1v) is 4.55. The van der Waals surface area contributed by atoms with Crippen LogP contribution in [0.4, 0.5) is 5.69 Å². The molecule has 82 valence electrons. The Kier molecular flexibility index (Phi) is 2.32. The van der Waals surface area contributed by atoms with Gasteiger partial charge in [-0.3, -0.25) is 10.1 Å². The van der Waals surface area contributed by atoms with E-state index in [2.05, 4.69) is 4.98 Å². The summed E-state index contributed by atoms with van der Waals surface area (Å²) in [7, 11) is 0. The first kappa shape index (κ1) is 10.2. The lowest BCUT2D eigenvalue weighted by atomic mass is 10.2. The number of nitro groups is 1. The Labute approximate surface area is 90.9 Å². The summed E-state index contributed by atoms with van der Waals surface area (Å²) < 4.78 is 1.61. The average molecular weight is 219 g/mol. The highest BCUT2D eigenvalue weighted by Gasteiger charge is 2.10. The maximum atomic E-state index is 10.6. The van der Waals surface area contributed by atoms with Crippen LogP contribution in [0.2, 0.25) is 0 Å². The molecule has 0 saturated carbocycles. The minimum Gasteiger partial charge on any atom is -0.508 e. The quantitative estimate of drug-likeness (QED) is 0.616. The Bertz CT molecular complexity index is 548. The van der Waals surface area contributed by atoms with Gasteiger partial charge < -0.3 is 9.67 Å². The minimum absolute atomic E-state index is 0.143. The molecule has 0 radical (unpaired) electrons. The predicted octanol–water partition coefficient (Wildman–Crippen LogP) is 1.79. The van der Waals surface area contributed by atoms with Crippen molar-refractivity contribution in [3.05, 3.63) is 46.5 Å². The van der Waals surface area contributed by atoms with E-state index in [-0.39, 0.29) is 11.4 Å². The third-order valence-electron chi connectivity index (χ3n) is 2.11. The van der Waals surface area contributed by atoms with Crippen molar-refractivity contribution in [2.75, 3.05) is 0 Å². The average Bonchev–Trinajstić information content (AvgIpc) is 2.64. The Morgan fingerprint density at radius 1 is 1.44 bits per heavy atom. The molecule has 0 atom stereocenters. The van der Waals surface area contributed by atoms with Crippen molar-refractivity contribution in [3.63, 3.8) is 0 Å². The molecule has 1 aromatic heterocycles. The van der Waals surface area contributed by atoms with Crippen molar-refractivity contribution in [2.24, 2.45) is 0 Å². The number of aryl methyl sites for hydroxylation is 1. The van der Waals surface area contributed by atoms with Crippen molar-refractivity contribution in [3.8, 4) is 11.4 Å². The summed E-state index contributed by atoms with van der Waals surface area (Å²) in [5.74, 6) is -0.143. The van der Waals surface area contributed by atoms with Gasteiger partial charge in [0, 0.05) is 18.3 Å². The molecule has 1 N–H and O–H groups in total. The molecule has 0 aliphatic carbocycles. The summed E-state index contributed by atoms with van der Waals surface area (Å²) in [4.78, 5) is 14.1. The van der Waals surface area contributed by atoms with Crippen molar-refractivity contribution in [1.82, 2.24) is 9.55 Å². The zero-order valence-electron chi connectivity index (χ0n) is 8.49. The number of aromatic hydroxyl groups is 1. The van der Waals surface area contributed by atoms with Crippen LogP contribution in [-0.4, -0.2) is 19.6 Å². The van der Waals surface area contributed by atoms with E-state index >= 15 is 0 Å². The maximum Gasteiger partial charge on any atom is 0.275 e. The number of nitrogens with zero attached hydrogens (tertiary/aromatic N) is 3.